The molecule has 0 saturated carbocycles. The number of carbonyl (C=O) groups is 2. The lowest BCUT2D eigenvalue weighted by molar-refractivity contribution is -0.131. The van der Waals surface area contributed by atoms with Crippen LogP contribution in [0.1, 0.15) is 24.2 Å². The van der Waals surface area contributed by atoms with Gasteiger partial charge in [0.2, 0.25) is 5.91 Å². The first-order chi connectivity index (χ1) is 11.3. The van der Waals surface area contributed by atoms with Crippen LogP contribution in [0.2, 0.25) is 0 Å². The highest BCUT2D eigenvalue weighted by Crippen LogP contribution is 2.26. The molecule has 0 aliphatic carbocycles. The van der Waals surface area contributed by atoms with E-state index in [9.17, 15) is 9.59 Å². The summed E-state index contributed by atoms with van der Waals surface area (Å²) >= 11 is 0. The lowest BCUT2D eigenvalue weighted by Gasteiger charge is -2.47. The topological polar surface area (TPSA) is 108 Å². The van der Waals surface area contributed by atoms with Gasteiger partial charge in [0.15, 0.2) is 5.65 Å². The molecule has 0 bridgehead atoms. The number of amides is 2. The third kappa shape index (κ3) is 2.60. The van der Waals surface area contributed by atoms with Gasteiger partial charge in [0.05, 0.1) is 17.3 Å². The fourth-order valence-electron chi connectivity index (χ4n) is 3.09. The molecule has 3 N–H and O–H groups in total. The number of piperazine rings is 1. The van der Waals surface area contributed by atoms with Gasteiger partial charge in [-0.3, -0.25) is 9.59 Å². The van der Waals surface area contributed by atoms with Crippen molar-refractivity contribution in [2.75, 3.05) is 24.5 Å². The van der Waals surface area contributed by atoms with Crippen molar-refractivity contribution in [3.05, 3.63) is 30.6 Å². The maximum Gasteiger partial charge on any atom is 0.252 e. The van der Waals surface area contributed by atoms with E-state index in [1.54, 1.807) is 11.1 Å². The molecule has 2 amide bonds. The van der Waals surface area contributed by atoms with E-state index in [0.29, 0.717) is 42.2 Å². The Hall–Kier alpha value is -2.90. The fraction of sp³-hybridized carbons (Fsp3) is 0.375. The van der Waals surface area contributed by atoms with Crippen LogP contribution < -0.4 is 10.6 Å². The van der Waals surface area contributed by atoms with Crippen molar-refractivity contribution in [3.8, 4) is 0 Å². The van der Waals surface area contributed by atoms with E-state index in [4.69, 9.17) is 5.73 Å². The Morgan fingerprint density at radius 1 is 1.42 bits per heavy atom. The number of nitrogens with one attached hydrogen (secondary N) is 1. The van der Waals surface area contributed by atoms with Crippen LogP contribution in [0.5, 0.6) is 0 Å². The van der Waals surface area contributed by atoms with Crippen molar-refractivity contribution in [2.24, 2.45) is 5.73 Å². The summed E-state index contributed by atoms with van der Waals surface area (Å²) in [6.45, 7) is 9.34. The Bertz CT molecular complexity index is 825. The van der Waals surface area contributed by atoms with Crippen molar-refractivity contribution in [1.82, 2.24) is 19.9 Å². The predicted molar refractivity (Wildman–Crippen MR) is 90.6 cm³/mol. The van der Waals surface area contributed by atoms with Crippen molar-refractivity contribution in [2.45, 2.75) is 19.4 Å². The number of anilines is 1. The average molecular weight is 328 g/mol. The second-order valence-corrected chi connectivity index (χ2v) is 6.42. The van der Waals surface area contributed by atoms with E-state index in [1.807, 2.05) is 13.8 Å². The first kappa shape index (κ1) is 16.0. The summed E-state index contributed by atoms with van der Waals surface area (Å²) in [4.78, 5) is 39.1. The molecule has 1 fully saturated rings. The lowest BCUT2D eigenvalue weighted by atomic mass is 9.98. The van der Waals surface area contributed by atoms with Gasteiger partial charge in [0.1, 0.15) is 11.3 Å². The molecular weight excluding hydrogens is 308 g/mol. The molecule has 24 heavy (non-hydrogen) atoms. The zero-order chi connectivity index (χ0) is 17.5. The molecule has 2 aromatic heterocycles. The third-order valence-electron chi connectivity index (χ3n) is 4.30. The van der Waals surface area contributed by atoms with Crippen LogP contribution in [0.25, 0.3) is 11.2 Å². The second-order valence-electron chi connectivity index (χ2n) is 6.42. The number of H-pyrrole nitrogens is 1. The Balaban J connectivity index is 1.91. The number of rotatable bonds is 3. The van der Waals surface area contributed by atoms with Crippen molar-refractivity contribution < 1.29 is 9.59 Å². The number of primary amides is 1. The van der Waals surface area contributed by atoms with E-state index in [2.05, 4.69) is 26.4 Å². The number of carbonyl (C=O) groups excluding carboxylic acids is 2. The molecule has 1 aliphatic rings. The minimum absolute atomic E-state index is 0.0807. The van der Waals surface area contributed by atoms with Crippen LogP contribution in [-0.2, 0) is 4.79 Å². The van der Waals surface area contributed by atoms with Crippen LogP contribution >= 0.6 is 0 Å². The van der Waals surface area contributed by atoms with E-state index in [1.165, 1.54) is 12.3 Å². The van der Waals surface area contributed by atoms with Gasteiger partial charge >= 0.3 is 0 Å². The van der Waals surface area contributed by atoms with Gasteiger partial charge in [0, 0.05) is 25.8 Å². The van der Waals surface area contributed by atoms with Gasteiger partial charge in [-0.05, 0) is 19.9 Å². The lowest BCUT2D eigenvalue weighted by Crippen LogP contribution is -2.61. The molecule has 126 valence electrons. The summed E-state index contributed by atoms with van der Waals surface area (Å²) in [6, 6.07) is 0. The number of aromatic amines is 1. The molecule has 8 heteroatoms. The monoisotopic (exact) mass is 328 g/mol. The molecule has 0 spiro atoms. The molecule has 8 nitrogen and oxygen atoms in total. The molecule has 0 atom stereocenters. The SMILES string of the molecule is C=CC(=O)N1CCN(c2cnc3[nH]cc(C(N)=O)c3n2)CC1(C)C. The van der Waals surface area contributed by atoms with Gasteiger partial charge in [-0.2, -0.15) is 0 Å². The second kappa shape index (κ2) is 5.63. The third-order valence-corrected chi connectivity index (χ3v) is 4.30. The number of hydrogen-bond acceptors (Lipinski definition) is 5. The van der Waals surface area contributed by atoms with Crippen molar-refractivity contribution in [1.29, 1.82) is 0 Å². The van der Waals surface area contributed by atoms with E-state index >= 15 is 0 Å². The highest BCUT2D eigenvalue weighted by Gasteiger charge is 2.36. The highest BCUT2D eigenvalue weighted by molar-refractivity contribution is 6.03. The zero-order valence-electron chi connectivity index (χ0n) is 13.7. The summed E-state index contributed by atoms with van der Waals surface area (Å²) < 4.78 is 0. The number of nitrogens with two attached hydrogens (primary N) is 1. The van der Waals surface area contributed by atoms with Crippen LogP contribution in [0.15, 0.2) is 25.0 Å². The maximum absolute atomic E-state index is 12.0. The van der Waals surface area contributed by atoms with Gasteiger partial charge < -0.3 is 20.5 Å². The summed E-state index contributed by atoms with van der Waals surface area (Å²) in [5.74, 6) is 0.0284. The zero-order valence-corrected chi connectivity index (χ0v) is 13.7. The Labute approximate surface area is 139 Å². The first-order valence-electron chi connectivity index (χ1n) is 7.66. The molecule has 1 aliphatic heterocycles. The van der Waals surface area contributed by atoms with Gasteiger partial charge in [-0.25, -0.2) is 9.97 Å². The fourth-order valence-corrected chi connectivity index (χ4v) is 3.09. The largest absolute Gasteiger partial charge is 0.365 e. The van der Waals surface area contributed by atoms with E-state index in [-0.39, 0.29) is 11.4 Å². The first-order valence-corrected chi connectivity index (χ1v) is 7.66. The van der Waals surface area contributed by atoms with Crippen LogP contribution in [0.4, 0.5) is 5.82 Å². The normalized spacial score (nSPS) is 17.1. The summed E-state index contributed by atoms with van der Waals surface area (Å²) in [5.41, 5.74) is 6.30. The molecular formula is C16H20N6O2. The quantitative estimate of drug-likeness (QED) is 0.805. The standard InChI is InChI=1S/C16H20N6O2/c1-4-12(23)22-6-5-21(9-16(22,2)3)11-8-19-15-13(20-11)10(7-18-15)14(17)24/h4,7-8H,1,5-6,9H2,2-3H3,(H2,17,24)(H,18,19). The number of aromatic nitrogens is 3. The highest BCUT2D eigenvalue weighted by atomic mass is 16.2. The number of nitrogens with zero attached hydrogens (tertiary/aromatic N) is 4. The Morgan fingerprint density at radius 3 is 2.79 bits per heavy atom. The maximum atomic E-state index is 12.0. The summed E-state index contributed by atoms with van der Waals surface area (Å²) in [5, 5.41) is 0. The van der Waals surface area contributed by atoms with E-state index in [0.717, 1.165) is 0 Å². The molecule has 0 unspecified atom stereocenters. The minimum atomic E-state index is -0.547. The Kier molecular flexibility index (Phi) is 3.75. The number of hydrogen-bond donors (Lipinski definition) is 2. The van der Waals surface area contributed by atoms with Crippen LogP contribution in [-0.4, -0.2) is 56.8 Å². The smallest absolute Gasteiger partial charge is 0.252 e. The average Bonchev–Trinajstić information content (AvgIpc) is 2.96. The molecule has 0 aromatic carbocycles. The molecule has 2 aromatic rings. The Morgan fingerprint density at radius 2 is 2.17 bits per heavy atom. The summed E-state index contributed by atoms with van der Waals surface area (Å²) in [7, 11) is 0. The van der Waals surface area contributed by atoms with Crippen molar-refractivity contribution in [3.63, 3.8) is 0 Å². The van der Waals surface area contributed by atoms with Gasteiger partial charge in [0.25, 0.3) is 5.91 Å². The van der Waals surface area contributed by atoms with Crippen LogP contribution in [0.3, 0.4) is 0 Å². The molecule has 3 heterocycles. The van der Waals surface area contributed by atoms with Crippen molar-refractivity contribution >= 4 is 28.8 Å². The molecule has 1 saturated heterocycles. The summed E-state index contributed by atoms with van der Waals surface area (Å²) in [6.07, 6.45) is 4.51. The predicted octanol–water partition coefficient (Wildman–Crippen LogP) is 0.670. The van der Waals surface area contributed by atoms with Gasteiger partial charge in [-0.15, -0.1) is 0 Å². The molecule has 3 rings (SSSR count). The van der Waals surface area contributed by atoms with E-state index < -0.39 is 5.91 Å². The number of fused-ring (bicyclic) bond motifs is 1. The van der Waals surface area contributed by atoms with Crippen LogP contribution in [0, 0.1) is 0 Å². The molecule has 0 radical (unpaired) electrons. The van der Waals surface area contributed by atoms with Gasteiger partial charge in [-0.1, -0.05) is 6.58 Å². The minimum Gasteiger partial charge on any atom is -0.365 e.